The van der Waals surface area contributed by atoms with Crippen LogP contribution in [-0.2, 0) is 9.47 Å². The molecule has 0 aromatic heterocycles. The molecule has 59 heavy (non-hydrogen) atoms. The highest BCUT2D eigenvalue weighted by molar-refractivity contribution is 5.57. The Balaban J connectivity index is 0.000000140. The van der Waals surface area contributed by atoms with E-state index in [0.717, 1.165) is 90.5 Å². The first kappa shape index (κ1) is 36.2. The van der Waals surface area contributed by atoms with E-state index in [9.17, 15) is 0 Å². The first-order chi connectivity index (χ1) is 28.8. The second-order valence-electron chi connectivity index (χ2n) is 14.5. The Hall–Kier alpha value is -7.16. The summed E-state index contributed by atoms with van der Waals surface area (Å²) in [5.41, 5.74) is 8.28. The molecule has 0 amide bonds. The summed E-state index contributed by atoms with van der Waals surface area (Å²) in [6, 6.07) is 64.7. The molecule has 0 radical (unpaired) electrons. The van der Waals surface area contributed by atoms with E-state index in [4.69, 9.17) is 28.4 Å². The average Bonchev–Trinajstić information content (AvgIpc) is 3.28. The van der Waals surface area contributed by atoms with Crippen LogP contribution < -0.4 is 18.9 Å². The molecule has 7 heteroatoms. The van der Waals surface area contributed by atoms with Crippen molar-refractivity contribution < 1.29 is 33.9 Å². The van der Waals surface area contributed by atoms with Crippen molar-refractivity contribution >= 4 is 0 Å². The lowest BCUT2D eigenvalue weighted by atomic mass is 9.94. The summed E-state index contributed by atoms with van der Waals surface area (Å²) in [7, 11) is 0. The monoisotopic (exact) mass is 774 g/mol. The first-order valence-electron chi connectivity index (χ1n) is 19.5. The van der Waals surface area contributed by atoms with Gasteiger partial charge in [0.05, 0.1) is 0 Å². The minimum Gasteiger partial charge on any atom is -0.457 e. The summed E-state index contributed by atoms with van der Waals surface area (Å²) >= 11 is 0. The molecular formula is C52H38O7. The van der Waals surface area contributed by atoms with E-state index in [1.807, 2.05) is 146 Å². The van der Waals surface area contributed by atoms with Crippen molar-refractivity contribution in [1.29, 1.82) is 0 Å². The SMILES string of the molecule is O.c1ccc2c(c1)Oc1ccccc1C2OC1c2ccccc2Oc2ccccc21.c1ccc2c(c1)Oc1ccccc1C2OC1c2ccccc2Oc2ccccc21. The maximum absolute atomic E-state index is 6.88. The van der Waals surface area contributed by atoms with Crippen molar-refractivity contribution in [2.24, 2.45) is 0 Å². The second kappa shape index (κ2) is 15.3. The number of para-hydroxylation sites is 8. The molecule has 8 aromatic rings. The van der Waals surface area contributed by atoms with Crippen molar-refractivity contribution in [3.8, 4) is 46.0 Å². The Labute approximate surface area is 341 Å². The molecular weight excluding hydrogens is 737 g/mol. The Morgan fingerprint density at radius 3 is 0.508 bits per heavy atom. The average molecular weight is 775 g/mol. The fourth-order valence-corrected chi connectivity index (χ4v) is 8.32. The predicted molar refractivity (Wildman–Crippen MR) is 225 cm³/mol. The molecule has 0 atom stereocenters. The van der Waals surface area contributed by atoms with Gasteiger partial charge in [0.1, 0.15) is 70.4 Å². The van der Waals surface area contributed by atoms with Gasteiger partial charge < -0.3 is 33.9 Å². The van der Waals surface area contributed by atoms with Crippen molar-refractivity contribution in [3.05, 3.63) is 239 Å². The van der Waals surface area contributed by atoms with Gasteiger partial charge >= 0.3 is 0 Å². The molecule has 0 fully saturated rings. The summed E-state index contributed by atoms with van der Waals surface area (Å²) in [5.74, 6) is 6.70. The first-order valence-corrected chi connectivity index (χ1v) is 19.5. The standard InChI is InChI=1S/2C26H18O3.H2O/c2*1-5-13-21-17(9-1)25(18-10-2-6-14-22(18)27-21)29-26-19-11-3-7-15-23(19)28-24-16-8-4-12-20(24)26;/h2*1-16,25-26H;1H2. The number of benzene rings is 8. The van der Waals surface area contributed by atoms with E-state index < -0.39 is 0 Å². The van der Waals surface area contributed by atoms with Crippen molar-refractivity contribution in [1.82, 2.24) is 0 Å². The topological polar surface area (TPSA) is 86.9 Å². The maximum atomic E-state index is 6.88. The van der Waals surface area contributed by atoms with Gasteiger partial charge in [0.15, 0.2) is 0 Å². The van der Waals surface area contributed by atoms with Gasteiger partial charge in [-0.15, -0.1) is 0 Å². The molecule has 0 saturated heterocycles. The summed E-state index contributed by atoms with van der Waals surface area (Å²) in [4.78, 5) is 0. The van der Waals surface area contributed by atoms with Gasteiger partial charge in [0, 0.05) is 44.5 Å². The summed E-state index contributed by atoms with van der Waals surface area (Å²) < 4.78 is 38.3. The van der Waals surface area contributed by atoms with Crippen LogP contribution in [0.5, 0.6) is 46.0 Å². The van der Waals surface area contributed by atoms with E-state index >= 15 is 0 Å². The van der Waals surface area contributed by atoms with Crippen molar-refractivity contribution in [2.45, 2.75) is 24.4 Å². The van der Waals surface area contributed by atoms with Crippen LogP contribution in [-0.4, -0.2) is 5.48 Å². The highest BCUT2D eigenvalue weighted by Gasteiger charge is 2.36. The molecule has 7 nitrogen and oxygen atoms in total. The molecule has 0 spiro atoms. The third kappa shape index (κ3) is 6.48. The van der Waals surface area contributed by atoms with Crippen LogP contribution >= 0.6 is 0 Å². The minimum absolute atomic E-state index is 0. The normalized spacial score (nSPS) is 14.4. The van der Waals surface area contributed by atoms with Crippen LogP contribution in [0.2, 0.25) is 0 Å². The van der Waals surface area contributed by atoms with Crippen LogP contribution in [0, 0.1) is 0 Å². The van der Waals surface area contributed by atoms with Gasteiger partial charge in [-0.2, -0.15) is 0 Å². The van der Waals surface area contributed by atoms with E-state index in [1.54, 1.807) is 0 Å². The summed E-state index contributed by atoms with van der Waals surface area (Å²) in [5, 5.41) is 0. The molecule has 4 heterocycles. The smallest absolute Gasteiger partial charge is 0.133 e. The van der Waals surface area contributed by atoms with Crippen LogP contribution in [0.1, 0.15) is 68.9 Å². The largest absolute Gasteiger partial charge is 0.457 e. The molecule has 0 bridgehead atoms. The van der Waals surface area contributed by atoms with Crippen molar-refractivity contribution in [3.63, 3.8) is 0 Å². The number of rotatable bonds is 4. The number of fused-ring (bicyclic) bond motifs is 8. The summed E-state index contributed by atoms with van der Waals surface area (Å²) in [6.45, 7) is 0. The molecule has 288 valence electrons. The number of hydrogen-bond acceptors (Lipinski definition) is 6. The molecule has 0 unspecified atom stereocenters. The molecule has 4 aliphatic heterocycles. The van der Waals surface area contributed by atoms with Crippen LogP contribution in [0.3, 0.4) is 0 Å². The second-order valence-corrected chi connectivity index (χ2v) is 14.5. The third-order valence-corrected chi connectivity index (χ3v) is 11.0. The third-order valence-electron chi connectivity index (χ3n) is 11.0. The fraction of sp³-hybridized carbons (Fsp3) is 0.0769. The fourth-order valence-electron chi connectivity index (χ4n) is 8.32. The molecule has 0 saturated carbocycles. The van der Waals surface area contributed by atoms with E-state index in [2.05, 4.69) is 48.5 Å². The Kier molecular flexibility index (Phi) is 9.39. The lowest BCUT2D eigenvalue weighted by Gasteiger charge is -2.34. The van der Waals surface area contributed by atoms with Gasteiger partial charge in [-0.1, -0.05) is 146 Å². The number of hydrogen-bond donors (Lipinski definition) is 0. The zero-order valence-corrected chi connectivity index (χ0v) is 31.7. The number of ether oxygens (including phenoxy) is 6. The molecule has 12 rings (SSSR count). The molecule has 8 aromatic carbocycles. The van der Waals surface area contributed by atoms with Crippen LogP contribution in [0.15, 0.2) is 194 Å². The van der Waals surface area contributed by atoms with Gasteiger partial charge in [-0.05, 0) is 48.5 Å². The van der Waals surface area contributed by atoms with Crippen LogP contribution in [0.25, 0.3) is 0 Å². The lowest BCUT2D eigenvalue weighted by molar-refractivity contribution is 0.0206. The maximum Gasteiger partial charge on any atom is 0.133 e. The van der Waals surface area contributed by atoms with Crippen LogP contribution in [0.4, 0.5) is 0 Å². The Morgan fingerprint density at radius 1 is 0.220 bits per heavy atom. The van der Waals surface area contributed by atoms with E-state index in [1.165, 1.54) is 0 Å². The quantitative estimate of drug-likeness (QED) is 0.177. The summed E-state index contributed by atoms with van der Waals surface area (Å²) in [6.07, 6.45) is -0.943. The van der Waals surface area contributed by atoms with Gasteiger partial charge in [0.2, 0.25) is 0 Å². The van der Waals surface area contributed by atoms with Crippen molar-refractivity contribution in [2.75, 3.05) is 0 Å². The minimum atomic E-state index is -0.236. The molecule has 2 N–H and O–H groups in total. The predicted octanol–water partition coefficient (Wildman–Crippen LogP) is 12.8. The van der Waals surface area contributed by atoms with Gasteiger partial charge in [-0.25, -0.2) is 0 Å². The Morgan fingerprint density at radius 2 is 0.356 bits per heavy atom. The van der Waals surface area contributed by atoms with E-state index in [0.29, 0.717) is 0 Å². The van der Waals surface area contributed by atoms with Gasteiger partial charge in [-0.3, -0.25) is 0 Å². The highest BCUT2D eigenvalue weighted by Crippen LogP contribution is 2.53. The zero-order valence-electron chi connectivity index (χ0n) is 31.7. The van der Waals surface area contributed by atoms with Gasteiger partial charge in [0.25, 0.3) is 0 Å². The van der Waals surface area contributed by atoms with E-state index in [-0.39, 0.29) is 29.9 Å². The zero-order chi connectivity index (χ0) is 38.4. The molecule has 4 aliphatic rings. The Bertz CT molecular complexity index is 2250. The molecule has 0 aliphatic carbocycles. The lowest BCUT2D eigenvalue weighted by Crippen LogP contribution is -2.19. The highest BCUT2D eigenvalue weighted by atomic mass is 16.5.